The van der Waals surface area contributed by atoms with Crippen molar-refractivity contribution < 1.29 is 23.1 Å². The number of phenolic OH excluding ortho intramolecular Hbond substituents is 1. The molecule has 0 heterocycles. The number of hydrogen-bond acceptors (Lipinski definition) is 2. The molecule has 2 aromatic carbocycles. The number of rotatable bonds is 5. The molecule has 0 spiro atoms. The fourth-order valence-electron chi connectivity index (χ4n) is 2.09. The number of ketones is 1. The molecule has 2 rings (SSSR count). The molecule has 0 saturated heterocycles. The lowest BCUT2D eigenvalue weighted by atomic mass is 10.0. The molecule has 0 amide bonds. The Labute approximate surface area is 142 Å². The normalized spacial score (nSPS) is 11.8. The van der Waals surface area contributed by atoms with Crippen LogP contribution in [0.15, 0.2) is 48.5 Å². The molecule has 0 aliphatic carbocycles. The first-order chi connectivity index (χ1) is 11.3. The van der Waals surface area contributed by atoms with E-state index >= 15 is 0 Å². The van der Waals surface area contributed by atoms with E-state index in [1.807, 2.05) is 0 Å². The summed E-state index contributed by atoms with van der Waals surface area (Å²) < 4.78 is 37.5. The highest BCUT2D eigenvalue weighted by Crippen LogP contribution is 2.29. The van der Waals surface area contributed by atoms with E-state index in [1.54, 1.807) is 6.07 Å². The minimum absolute atomic E-state index is 0.0684. The zero-order valence-electron chi connectivity index (χ0n) is 12.5. The lowest BCUT2D eigenvalue weighted by Crippen LogP contribution is -2.04. The molecule has 126 valence electrons. The number of aromatic hydroxyl groups is 1. The van der Waals surface area contributed by atoms with Gasteiger partial charge in [-0.25, -0.2) is 0 Å². The second kappa shape index (κ2) is 7.53. The zero-order valence-corrected chi connectivity index (χ0v) is 13.2. The van der Waals surface area contributed by atoms with Crippen LogP contribution in [0.3, 0.4) is 0 Å². The summed E-state index contributed by atoms with van der Waals surface area (Å²) in [6, 6.07) is 8.96. The van der Waals surface area contributed by atoms with Crippen molar-refractivity contribution in [3.8, 4) is 5.75 Å². The lowest BCUT2D eigenvalue weighted by Gasteiger charge is -2.06. The third kappa shape index (κ3) is 4.61. The molecule has 0 unspecified atom stereocenters. The van der Waals surface area contributed by atoms with Gasteiger partial charge in [-0.15, -0.1) is 11.6 Å². The van der Waals surface area contributed by atoms with E-state index in [1.165, 1.54) is 36.4 Å². The predicted molar refractivity (Wildman–Crippen MR) is 87.3 cm³/mol. The first kappa shape index (κ1) is 18.1. The standard InChI is InChI=1S/C18H14ClF3O2/c19-10-9-14-11-13(4-8-17(14)24)16(23)7-3-12-1-5-15(6-2-12)18(20,21)22/h1-8,11,24H,9-10H2. The minimum Gasteiger partial charge on any atom is -0.508 e. The number of carbonyl (C=O) groups is 1. The average Bonchev–Trinajstić information content (AvgIpc) is 2.54. The maximum atomic E-state index is 12.5. The molecule has 0 aromatic heterocycles. The molecular formula is C18H14ClF3O2. The van der Waals surface area contributed by atoms with Gasteiger partial charge in [0.2, 0.25) is 0 Å². The van der Waals surface area contributed by atoms with Crippen molar-refractivity contribution in [3.63, 3.8) is 0 Å². The molecule has 0 radical (unpaired) electrons. The third-order valence-corrected chi connectivity index (χ3v) is 3.58. The van der Waals surface area contributed by atoms with Gasteiger partial charge in [0.1, 0.15) is 5.75 Å². The van der Waals surface area contributed by atoms with Crippen molar-refractivity contribution in [3.05, 3.63) is 70.8 Å². The monoisotopic (exact) mass is 354 g/mol. The van der Waals surface area contributed by atoms with Gasteiger partial charge in [-0.2, -0.15) is 13.2 Å². The third-order valence-electron chi connectivity index (χ3n) is 3.39. The molecule has 6 heteroatoms. The van der Waals surface area contributed by atoms with Gasteiger partial charge in [-0.1, -0.05) is 18.2 Å². The van der Waals surface area contributed by atoms with E-state index < -0.39 is 11.7 Å². The van der Waals surface area contributed by atoms with E-state index in [-0.39, 0.29) is 11.5 Å². The predicted octanol–water partition coefficient (Wildman–Crippen LogP) is 5.09. The van der Waals surface area contributed by atoms with Crippen molar-refractivity contribution in [1.82, 2.24) is 0 Å². The summed E-state index contributed by atoms with van der Waals surface area (Å²) >= 11 is 5.64. The zero-order chi connectivity index (χ0) is 17.7. The number of benzene rings is 2. The summed E-state index contributed by atoms with van der Waals surface area (Å²) in [4.78, 5) is 12.1. The van der Waals surface area contributed by atoms with Crippen LogP contribution in [-0.4, -0.2) is 16.8 Å². The SMILES string of the molecule is O=C(C=Cc1ccc(C(F)(F)F)cc1)c1ccc(O)c(CCCl)c1. The largest absolute Gasteiger partial charge is 0.508 e. The number of hydrogen-bond donors (Lipinski definition) is 1. The molecule has 0 bridgehead atoms. The van der Waals surface area contributed by atoms with E-state index in [2.05, 4.69) is 0 Å². The Balaban J connectivity index is 2.14. The van der Waals surface area contributed by atoms with E-state index in [4.69, 9.17) is 11.6 Å². The second-order valence-electron chi connectivity index (χ2n) is 5.10. The Kier molecular flexibility index (Phi) is 5.67. The molecule has 0 fully saturated rings. The summed E-state index contributed by atoms with van der Waals surface area (Å²) in [5, 5.41) is 9.67. The Hall–Kier alpha value is -2.27. The van der Waals surface area contributed by atoms with Crippen LogP contribution in [0.2, 0.25) is 0 Å². The number of carbonyl (C=O) groups excluding carboxylic acids is 1. The highest BCUT2D eigenvalue weighted by molar-refractivity contribution is 6.18. The maximum Gasteiger partial charge on any atom is 0.416 e. The minimum atomic E-state index is -4.39. The quantitative estimate of drug-likeness (QED) is 0.461. The molecule has 2 nitrogen and oxygen atoms in total. The number of phenols is 1. The molecule has 0 aliphatic rings. The summed E-state index contributed by atoms with van der Waals surface area (Å²) in [7, 11) is 0. The van der Waals surface area contributed by atoms with Gasteiger partial charge < -0.3 is 5.11 Å². The van der Waals surface area contributed by atoms with Crippen molar-refractivity contribution in [2.24, 2.45) is 0 Å². The average molecular weight is 355 g/mol. The van der Waals surface area contributed by atoms with Gasteiger partial charge in [-0.05, 0) is 54.0 Å². The number of allylic oxidation sites excluding steroid dienone is 1. The van der Waals surface area contributed by atoms with E-state index in [9.17, 15) is 23.1 Å². The van der Waals surface area contributed by atoms with Crippen LogP contribution in [0.1, 0.15) is 27.0 Å². The van der Waals surface area contributed by atoms with Crippen molar-refractivity contribution in [1.29, 1.82) is 0 Å². The van der Waals surface area contributed by atoms with E-state index in [0.717, 1.165) is 12.1 Å². The molecule has 1 N–H and O–H groups in total. The van der Waals surface area contributed by atoms with Crippen molar-refractivity contribution in [2.75, 3.05) is 5.88 Å². The van der Waals surface area contributed by atoms with Crippen LogP contribution in [0.5, 0.6) is 5.75 Å². The molecule has 2 aromatic rings. The van der Waals surface area contributed by atoms with Gasteiger partial charge >= 0.3 is 6.18 Å². The van der Waals surface area contributed by atoms with Gasteiger partial charge in [0.15, 0.2) is 5.78 Å². The topological polar surface area (TPSA) is 37.3 Å². The highest BCUT2D eigenvalue weighted by Gasteiger charge is 2.29. The Bertz CT molecular complexity index is 750. The molecule has 0 atom stereocenters. The smallest absolute Gasteiger partial charge is 0.416 e. The fraction of sp³-hybridized carbons (Fsp3) is 0.167. The van der Waals surface area contributed by atoms with Crippen LogP contribution >= 0.6 is 11.6 Å². The number of aryl methyl sites for hydroxylation is 1. The highest BCUT2D eigenvalue weighted by atomic mass is 35.5. The maximum absolute atomic E-state index is 12.5. The fourth-order valence-corrected chi connectivity index (χ4v) is 2.30. The first-order valence-corrected chi connectivity index (χ1v) is 7.62. The summed E-state index contributed by atoms with van der Waals surface area (Å²) in [6.45, 7) is 0. The van der Waals surface area contributed by atoms with Crippen LogP contribution in [0, 0.1) is 0 Å². The number of halogens is 4. The van der Waals surface area contributed by atoms with Gasteiger partial charge in [0.25, 0.3) is 0 Å². The summed E-state index contributed by atoms with van der Waals surface area (Å²) in [5.74, 6) is 0.0664. The van der Waals surface area contributed by atoms with Crippen molar-refractivity contribution in [2.45, 2.75) is 12.6 Å². The molecule has 0 saturated carbocycles. The van der Waals surface area contributed by atoms with E-state index in [0.29, 0.717) is 29.0 Å². The van der Waals surface area contributed by atoms with Crippen LogP contribution in [0.4, 0.5) is 13.2 Å². The van der Waals surface area contributed by atoms with Crippen LogP contribution in [0.25, 0.3) is 6.08 Å². The molecular weight excluding hydrogens is 341 g/mol. The summed E-state index contributed by atoms with van der Waals surface area (Å²) in [6.07, 6.45) is -1.24. The Morgan fingerprint density at radius 2 is 1.79 bits per heavy atom. The Morgan fingerprint density at radius 1 is 1.12 bits per heavy atom. The van der Waals surface area contributed by atoms with Crippen molar-refractivity contribution >= 4 is 23.5 Å². The first-order valence-electron chi connectivity index (χ1n) is 7.09. The number of alkyl halides is 4. The summed E-state index contributed by atoms with van der Waals surface area (Å²) in [5.41, 5.74) is 0.682. The second-order valence-corrected chi connectivity index (χ2v) is 5.48. The molecule has 0 aliphatic heterocycles. The molecule has 24 heavy (non-hydrogen) atoms. The Morgan fingerprint density at radius 3 is 2.38 bits per heavy atom. The van der Waals surface area contributed by atoms with Gasteiger partial charge in [-0.3, -0.25) is 4.79 Å². The lowest BCUT2D eigenvalue weighted by molar-refractivity contribution is -0.137. The van der Waals surface area contributed by atoms with Gasteiger partial charge in [0.05, 0.1) is 5.56 Å². The van der Waals surface area contributed by atoms with Gasteiger partial charge in [0, 0.05) is 11.4 Å². The van der Waals surface area contributed by atoms with Crippen LogP contribution in [-0.2, 0) is 12.6 Å². The van der Waals surface area contributed by atoms with Crippen LogP contribution < -0.4 is 0 Å².